The summed E-state index contributed by atoms with van der Waals surface area (Å²) in [5.41, 5.74) is -0.906. The van der Waals surface area contributed by atoms with Crippen molar-refractivity contribution in [1.82, 2.24) is 19.6 Å². The Hall–Kier alpha value is -3.40. The zero-order valence-electron chi connectivity index (χ0n) is 17.2. The minimum Gasteiger partial charge on any atom is -0.307 e. The van der Waals surface area contributed by atoms with Gasteiger partial charge in [-0.05, 0) is 23.3 Å². The number of halogens is 5. The number of fused-ring (bicyclic) bond motifs is 1. The van der Waals surface area contributed by atoms with Gasteiger partial charge in [0.1, 0.15) is 17.4 Å². The number of carbonyl (C=O) groups excluding carboxylic acids is 1. The van der Waals surface area contributed by atoms with Crippen molar-refractivity contribution in [3.8, 4) is 0 Å². The van der Waals surface area contributed by atoms with E-state index in [4.69, 9.17) is 11.6 Å². The highest BCUT2D eigenvalue weighted by molar-refractivity contribution is 6.32. The highest BCUT2D eigenvalue weighted by Gasteiger charge is 2.32. The maximum absolute atomic E-state index is 13.4. The number of nitrogens with zero attached hydrogens (tertiary/aromatic N) is 4. The molecule has 11 heteroatoms. The molecular formula is C22H18ClF4N5O. The molecule has 0 radical (unpaired) electrons. The van der Waals surface area contributed by atoms with Crippen LogP contribution in [0.25, 0.3) is 10.8 Å². The van der Waals surface area contributed by atoms with Crippen molar-refractivity contribution in [3.63, 3.8) is 0 Å². The molecule has 0 spiro atoms. The van der Waals surface area contributed by atoms with Gasteiger partial charge >= 0.3 is 0 Å². The molecule has 1 unspecified atom stereocenters. The van der Waals surface area contributed by atoms with Crippen molar-refractivity contribution >= 4 is 34.1 Å². The van der Waals surface area contributed by atoms with Crippen molar-refractivity contribution in [3.05, 3.63) is 76.7 Å². The van der Waals surface area contributed by atoms with Crippen LogP contribution < -0.4 is 5.32 Å². The van der Waals surface area contributed by atoms with E-state index in [1.54, 1.807) is 16.9 Å². The summed E-state index contributed by atoms with van der Waals surface area (Å²) in [6.45, 7) is 1.70. The van der Waals surface area contributed by atoms with E-state index in [9.17, 15) is 22.4 Å². The summed E-state index contributed by atoms with van der Waals surface area (Å²) in [6.07, 6.45) is -4.68. The molecular weight excluding hydrogens is 462 g/mol. The molecule has 0 aliphatic rings. The molecule has 2 aromatic carbocycles. The van der Waals surface area contributed by atoms with Crippen LogP contribution in [-0.4, -0.2) is 25.5 Å². The summed E-state index contributed by atoms with van der Waals surface area (Å²) in [4.78, 5) is 12.6. The van der Waals surface area contributed by atoms with Crippen LogP contribution in [-0.2, 0) is 11.3 Å². The second kappa shape index (κ2) is 9.22. The van der Waals surface area contributed by atoms with Crippen molar-refractivity contribution in [2.45, 2.75) is 32.4 Å². The lowest BCUT2D eigenvalue weighted by Gasteiger charge is -2.14. The third-order valence-corrected chi connectivity index (χ3v) is 5.56. The molecule has 1 N–H and O–H groups in total. The number of anilines is 1. The Balaban J connectivity index is 1.52. The summed E-state index contributed by atoms with van der Waals surface area (Å²) in [6, 6.07) is 14.0. The Morgan fingerprint density at radius 2 is 1.76 bits per heavy atom. The van der Waals surface area contributed by atoms with Gasteiger partial charge in [-0.3, -0.25) is 9.48 Å². The van der Waals surface area contributed by atoms with Gasteiger partial charge in [-0.2, -0.15) is 10.2 Å². The molecule has 172 valence electrons. The number of amides is 1. The van der Waals surface area contributed by atoms with Crippen LogP contribution in [0.15, 0.2) is 54.7 Å². The van der Waals surface area contributed by atoms with E-state index in [1.807, 2.05) is 42.5 Å². The van der Waals surface area contributed by atoms with E-state index in [-0.39, 0.29) is 5.82 Å². The Kier molecular flexibility index (Phi) is 6.37. The van der Waals surface area contributed by atoms with E-state index in [0.29, 0.717) is 11.2 Å². The Morgan fingerprint density at radius 1 is 1.03 bits per heavy atom. The fourth-order valence-electron chi connectivity index (χ4n) is 3.54. The van der Waals surface area contributed by atoms with Crippen LogP contribution in [0.5, 0.6) is 0 Å². The molecule has 4 aromatic rings. The van der Waals surface area contributed by atoms with Gasteiger partial charge in [0, 0.05) is 12.3 Å². The molecule has 4 rings (SSSR count). The molecule has 0 saturated carbocycles. The second-order valence-electron chi connectivity index (χ2n) is 7.33. The minimum absolute atomic E-state index is 0.179. The van der Waals surface area contributed by atoms with Gasteiger partial charge in [0.2, 0.25) is 5.91 Å². The SMILES string of the molecule is CC(C(=O)Nc1ccn(Cc2cccc3ccccc23)n1)n1nc(C(F)F)c(Cl)c1C(F)F. The van der Waals surface area contributed by atoms with Gasteiger partial charge in [0.25, 0.3) is 12.9 Å². The van der Waals surface area contributed by atoms with Crippen molar-refractivity contribution in [2.24, 2.45) is 0 Å². The van der Waals surface area contributed by atoms with Gasteiger partial charge in [-0.25, -0.2) is 22.2 Å². The van der Waals surface area contributed by atoms with Gasteiger partial charge in [-0.15, -0.1) is 0 Å². The number of rotatable bonds is 7. The number of hydrogen-bond donors (Lipinski definition) is 1. The Labute approximate surface area is 190 Å². The molecule has 2 heterocycles. The minimum atomic E-state index is -3.19. The average Bonchev–Trinajstić information content (AvgIpc) is 3.37. The van der Waals surface area contributed by atoms with E-state index in [2.05, 4.69) is 15.5 Å². The highest BCUT2D eigenvalue weighted by Crippen LogP contribution is 2.36. The predicted octanol–water partition coefficient (Wildman–Crippen LogP) is 6.01. The van der Waals surface area contributed by atoms with Gasteiger partial charge in [0.05, 0.1) is 11.6 Å². The molecule has 0 saturated heterocycles. The first kappa shape index (κ1) is 22.8. The fourth-order valence-corrected chi connectivity index (χ4v) is 3.83. The number of benzene rings is 2. The van der Waals surface area contributed by atoms with Gasteiger partial charge in [-0.1, -0.05) is 54.1 Å². The van der Waals surface area contributed by atoms with Crippen molar-refractivity contribution in [2.75, 3.05) is 5.32 Å². The lowest BCUT2D eigenvalue weighted by atomic mass is 10.0. The topological polar surface area (TPSA) is 64.7 Å². The first-order valence-corrected chi connectivity index (χ1v) is 10.3. The van der Waals surface area contributed by atoms with E-state index in [1.165, 1.54) is 6.92 Å². The van der Waals surface area contributed by atoms with Crippen LogP contribution >= 0.6 is 11.6 Å². The second-order valence-corrected chi connectivity index (χ2v) is 7.71. The van der Waals surface area contributed by atoms with E-state index in [0.717, 1.165) is 16.3 Å². The van der Waals surface area contributed by atoms with Crippen LogP contribution in [0.1, 0.15) is 42.8 Å². The average molecular weight is 480 g/mol. The molecule has 2 aromatic heterocycles. The normalized spacial score (nSPS) is 12.6. The summed E-state index contributed by atoms with van der Waals surface area (Å²) in [5.74, 6) is -0.578. The lowest BCUT2D eigenvalue weighted by Crippen LogP contribution is -2.26. The molecule has 33 heavy (non-hydrogen) atoms. The first-order chi connectivity index (χ1) is 15.8. The van der Waals surface area contributed by atoms with Crippen molar-refractivity contribution in [1.29, 1.82) is 0 Å². The number of hydrogen-bond acceptors (Lipinski definition) is 3. The van der Waals surface area contributed by atoms with Crippen LogP contribution in [0.2, 0.25) is 5.02 Å². The molecule has 0 aliphatic carbocycles. The fraction of sp³-hybridized carbons (Fsp3) is 0.227. The predicted molar refractivity (Wildman–Crippen MR) is 116 cm³/mol. The lowest BCUT2D eigenvalue weighted by molar-refractivity contribution is -0.119. The Bertz CT molecular complexity index is 1300. The maximum atomic E-state index is 13.4. The van der Waals surface area contributed by atoms with Crippen LogP contribution in [0.4, 0.5) is 23.4 Å². The smallest absolute Gasteiger partial charge is 0.283 e. The molecule has 1 amide bonds. The zero-order chi connectivity index (χ0) is 23.7. The summed E-state index contributed by atoms with van der Waals surface area (Å²) >= 11 is 5.66. The first-order valence-electron chi connectivity index (χ1n) is 9.91. The molecule has 6 nitrogen and oxygen atoms in total. The van der Waals surface area contributed by atoms with Crippen LogP contribution in [0, 0.1) is 0 Å². The number of aromatic nitrogens is 4. The number of alkyl halides is 4. The molecule has 0 bridgehead atoms. The Morgan fingerprint density at radius 3 is 2.48 bits per heavy atom. The third-order valence-electron chi connectivity index (χ3n) is 5.18. The molecule has 0 fully saturated rings. The van der Waals surface area contributed by atoms with Crippen LogP contribution in [0.3, 0.4) is 0 Å². The van der Waals surface area contributed by atoms with Crippen molar-refractivity contribution < 1.29 is 22.4 Å². The van der Waals surface area contributed by atoms with Gasteiger partial charge in [0.15, 0.2) is 5.82 Å². The summed E-state index contributed by atoms with van der Waals surface area (Å²) in [5, 5.41) is 11.6. The standard InChI is InChI=1S/C22H18ClF4N5O/c1-12(32-19(21(26)27)17(23)18(30-32)20(24)25)22(33)28-16-9-10-31(29-16)11-14-7-4-6-13-5-2-3-8-15(13)14/h2-10,12,20-21H,11H2,1H3,(H,28,29,33). The third kappa shape index (κ3) is 4.56. The summed E-state index contributed by atoms with van der Waals surface area (Å²) in [7, 11) is 0. The number of carbonyl (C=O) groups is 1. The maximum Gasteiger partial charge on any atom is 0.283 e. The largest absolute Gasteiger partial charge is 0.307 e. The van der Waals surface area contributed by atoms with E-state index < -0.39 is 41.2 Å². The summed E-state index contributed by atoms with van der Waals surface area (Å²) < 4.78 is 55.1. The monoisotopic (exact) mass is 479 g/mol. The van der Waals surface area contributed by atoms with E-state index >= 15 is 0 Å². The molecule has 1 atom stereocenters. The highest BCUT2D eigenvalue weighted by atomic mass is 35.5. The quantitative estimate of drug-likeness (QED) is 0.330. The number of nitrogens with one attached hydrogen (secondary N) is 1. The zero-order valence-corrected chi connectivity index (χ0v) is 18.0. The molecule has 0 aliphatic heterocycles. The van der Waals surface area contributed by atoms with Gasteiger partial charge < -0.3 is 5.32 Å².